The summed E-state index contributed by atoms with van der Waals surface area (Å²) < 4.78 is 26.5. The van der Waals surface area contributed by atoms with Crippen molar-refractivity contribution in [3.63, 3.8) is 0 Å². The number of rotatable bonds is 11. The zero-order valence-corrected chi connectivity index (χ0v) is 20.8. The Kier molecular flexibility index (Phi) is 8.52. The van der Waals surface area contributed by atoms with E-state index in [1.165, 1.54) is 10.9 Å². The molecule has 0 aliphatic carbocycles. The number of nitrogens with two attached hydrogens (primary N) is 1. The second-order valence-electron chi connectivity index (χ2n) is 8.99. The van der Waals surface area contributed by atoms with Crippen molar-refractivity contribution < 1.29 is 18.9 Å². The van der Waals surface area contributed by atoms with E-state index in [1.807, 2.05) is 91.0 Å². The van der Waals surface area contributed by atoms with Gasteiger partial charge in [0.1, 0.15) is 24.6 Å². The van der Waals surface area contributed by atoms with Gasteiger partial charge in [-0.3, -0.25) is 4.57 Å². The summed E-state index contributed by atoms with van der Waals surface area (Å²) in [5, 5.41) is 0. The Hall–Kier alpha value is -3.89. The molecule has 1 aromatic heterocycles. The van der Waals surface area contributed by atoms with E-state index in [9.17, 15) is 4.79 Å². The van der Waals surface area contributed by atoms with E-state index in [4.69, 9.17) is 24.7 Å². The first kappa shape index (κ1) is 25.7. The van der Waals surface area contributed by atoms with Crippen molar-refractivity contribution in [2.24, 2.45) is 0 Å². The van der Waals surface area contributed by atoms with Crippen LogP contribution in [0.2, 0.25) is 0 Å². The molecule has 9 heteroatoms. The van der Waals surface area contributed by atoms with Gasteiger partial charge in [0.15, 0.2) is 6.23 Å². The van der Waals surface area contributed by atoms with Gasteiger partial charge in [0.25, 0.3) is 0 Å². The number of nitrogen functional groups attached to an aromatic ring is 1. The van der Waals surface area contributed by atoms with Gasteiger partial charge in [-0.15, -0.1) is 0 Å². The Morgan fingerprint density at radius 3 is 1.84 bits per heavy atom. The summed E-state index contributed by atoms with van der Waals surface area (Å²) in [6.45, 7) is 1.30. The Bertz CT molecular complexity index is 1340. The molecule has 0 bridgehead atoms. The monoisotopic (exact) mass is 514 g/mol. The SMILES string of the molecule is Nc1ncn(C2OC(COCc3ccccc3)C(OCc3ccccc3)C2OCc2ccccc2)c(=O)n1. The molecule has 5 rings (SSSR count). The Morgan fingerprint density at radius 1 is 0.763 bits per heavy atom. The van der Waals surface area contributed by atoms with Gasteiger partial charge >= 0.3 is 5.69 Å². The van der Waals surface area contributed by atoms with Crippen molar-refractivity contribution >= 4 is 5.95 Å². The standard InChI is InChI=1S/C29H30N4O5/c30-28-31-20-33(29(34)32-28)27-26(37-18-23-14-8-3-9-15-23)25(36-17-22-12-6-2-7-13-22)24(38-27)19-35-16-21-10-4-1-5-11-21/h1-15,20,24-27H,16-19H2,(H2,30,32,34). The van der Waals surface area contributed by atoms with Crippen LogP contribution in [0.1, 0.15) is 22.9 Å². The highest BCUT2D eigenvalue weighted by atomic mass is 16.6. The second kappa shape index (κ2) is 12.6. The third-order valence-corrected chi connectivity index (χ3v) is 6.27. The first-order valence-electron chi connectivity index (χ1n) is 12.5. The van der Waals surface area contributed by atoms with E-state index in [0.717, 1.165) is 16.7 Å². The van der Waals surface area contributed by atoms with E-state index in [1.54, 1.807) is 0 Å². The summed E-state index contributed by atoms with van der Waals surface area (Å²) in [6.07, 6.45) is -1.20. The molecule has 1 aliphatic heterocycles. The Morgan fingerprint density at radius 2 is 1.29 bits per heavy atom. The van der Waals surface area contributed by atoms with E-state index in [0.29, 0.717) is 19.8 Å². The maximum absolute atomic E-state index is 12.8. The second-order valence-corrected chi connectivity index (χ2v) is 8.99. The zero-order chi connectivity index (χ0) is 26.2. The lowest BCUT2D eigenvalue weighted by Crippen LogP contribution is -2.40. The molecule has 1 saturated heterocycles. The molecule has 3 aromatic carbocycles. The maximum atomic E-state index is 12.8. The predicted molar refractivity (Wildman–Crippen MR) is 141 cm³/mol. The molecular weight excluding hydrogens is 484 g/mol. The van der Waals surface area contributed by atoms with Crippen molar-refractivity contribution in [1.82, 2.24) is 14.5 Å². The van der Waals surface area contributed by atoms with Crippen molar-refractivity contribution in [3.05, 3.63) is 124 Å². The smallest absolute Gasteiger partial charge is 0.354 e. The van der Waals surface area contributed by atoms with E-state index >= 15 is 0 Å². The van der Waals surface area contributed by atoms with Gasteiger partial charge in [-0.05, 0) is 16.7 Å². The molecule has 196 valence electrons. The van der Waals surface area contributed by atoms with E-state index in [-0.39, 0.29) is 12.6 Å². The lowest BCUT2D eigenvalue weighted by atomic mass is 10.1. The summed E-state index contributed by atoms with van der Waals surface area (Å²) in [5.41, 5.74) is 8.09. The highest BCUT2D eigenvalue weighted by Crippen LogP contribution is 2.34. The minimum Gasteiger partial charge on any atom is -0.374 e. The number of anilines is 1. The van der Waals surface area contributed by atoms with Gasteiger partial charge in [0.2, 0.25) is 5.95 Å². The number of ether oxygens (including phenoxy) is 4. The van der Waals surface area contributed by atoms with Crippen molar-refractivity contribution in [3.8, 4) is 0 Å². The van der Waals surface area contributed by atoms with Crippen LogP contribution in [0.15, 0.2) is 102 Å². The summed E-state index contributed by atoms with van der Waals surface area (Å²) in [4.78, 5) is 20.6. The zero-order valence-electron chi connectivity index (χ0n) is 20.8. The van der Waals surface area contributed by atoms with Gasteiger partial charge in [0.05, 0.1) is 26.4 Å². The van der Waals surface area contributed by atoms with Crippen molar-refractivity contribution in [2.75, 3.05) is 12.3 Å². The van der Waals surface area contributed by atoms with Crippen LogP contribution >= 0.6 is 0 Å². The van der Waals surface area contributed by atoms with Crippen LogP contribution in [-0.4, -0.2) is 39.5 Å². The molecule has 0 radical (unpaired) electrons. The normalized spacial score (nSPS) is 20.9. The molecule has 2 heterocycles. The van der Waals surface area contributed by atoms with Crippen LogP contribution in [0.5, 0.6) is 0 Å². The van der Waals surface area contributed by atoms with Gasteiger partial charge < -0.3 is 24.7 Å². The summed E-state index contributed by atoms with van der Waals surface area (Å²) in [5.74, 6) is -0.106. The van der Waals surface area contributed by atoms with E-state index < -0.39 is 30.2 Å². The molecule has 0 amide bonds. The quantitative estimate of drug-likeness (QED) is 0.324. The maximum Gasteiger partial charge on any atom is 0.354 e. The molecule has 9 nitrogen and oxygen atoms in total. The fraction of sp³-hybridized carbons (Fsp3) is 0.276. The summed E-state index contributed by atoms with van der Waals surface area (Å²) in [6, 6.07) is 29.5. The molecule has 0 saturated carbocycles. The molecular formula is C29H30N4O5. The van der Waals surface area contributed by atoms with Gasteiger partial charge in [-0.2, -0.15) is 4.98 Å². The molecule has 0 spiro atoms. The first-order valence-corrected chi connectivity index (χ1v) is 12.5. The fourth-order valence-corrected chi connectivity index (χ4v) is 4.38. The molecule has 1 fully saturated rings. The Balaban J connectivity index is 1.40. The van der Waals surface area contributed by atoms with Crippen LogP contribution in [-0.2, 0) is 38.8 Å². The number of nitrogens with zero attached hydrogens (tertiary/aromatic N) is 3. The van der Waals surface area contributed by atoms with Crippen LogP contribution in [0, 0.1) is 0 Å². The average molecular weight is 515 g/mol. The van der Waals surface area contributed by atoms with Crippen molar-refractivity contribution in [2.45, 2.75) is 44.4 Å². The van der Waals surface area contributed by atoms with E-state index in [2.05, 4.69) is 9.97 Å². The lowest BCUT2D eigenvalue weighted by molar-refractivity contribution is -0.0922. The molecule has 38 heavy (non-hydrogen) atoms. The fourth-order valence-electron chi connectivity index (χ4n) is 4.38. The highest BCUT2D eigenvalue weighted by molar-refractivity contribution is 5.16. The summed E-state index contributed by atoms with van der Waals surface area (Å²) >= 11 is 0. The summed E-state index contributed by atoms with van der Waals surface area (Å²) in [7, 11) is 0. The van der Waals surface area contributed by atoms with Crippen LogP contribution < -0.4 is 11.4 Å². The third-order valence-electron chi connectivity index (χ3n) is 6.27. The van der Waals surface area contributed by atoms with Crippen molar-refractivity contribution in [1.29, 1.82) is 0 Å². The molecule has 2 N–H and O–H groups in total. The molecule has 1 aliphatic rings. The lowest BCUT2D eigenvalue weighted by Gasteiger charge is -2.25. The van der Waals surface area contributed by atoms with Gasteiger partial charge in [-0.25, -0.2) is 9.78 Å². The number of hydrogen-bond donors (Lipinski definition) is 1. The minimum atomic E-state index is -0.835. The van der Waals surface area contributed by atoms with Gasteiger partial charge in [-0.1, -0.05) is 91.0 Å². The predicted octanol–water partition coefficient (Wildman–Crippen LogP) is 3.51. The van der Waals surface area contributed by atoms with Crippen LogP contribution in [0.4, 0.5) is 5.95 Å². The van der Waals surface area contributed by atoms with Crippen LogP contribution in [0.25, 0.3) is 0 Å². The Labute approximate surface area is 220 Å². The first-order chi connectivity index (χ1) is 18.7. The number of hydrogen-bond acceptors (Lipinski definition) is 8. The highest BCUT2D eigenvalue weighted by Gasteiger charge is 2.48. The number of benzene rings is 3. The van der Waals surface area contributed by atoms with Crippen LogP contribution in [0.3, 0.4) is 0 Å². The topological polar surface area (TPSA) is 111 Å². The minimum absolute atomic E-state index is 0.106. The molecule has 4 aromatic rings. The molecule has 4 unspecified atom stereocenters. The van der Waals surface area contributed by atoms with Gasteiger partial charge in [0, 0.05) is 0 Å². The largest absolute Gasteiger partial charge is 0.374 e. The third kappa shape index (κ3) is 6.51. The molecule has 4 atom stereocenters. The average Bonchev–Trinajstić information content (AvgIpc) is 3.29. The number of aromatic nitrogens is 3.